The minimum Gasteiger partial charge on any atom is -0.453 e. The van der Waals surface area contributed by atoms with Crippen LogP contribution in [0.25, 0.3) is 33.6 Å². The van der Waals surface area contributed by atoms with E-state index in [2.05, 4.69) is 64.3 Å². The van der Waals surface area contributed by atoms with Crippen LogP contribution in [-0.4, -0.2) is 93.1 Å². The summed E-state index contributed by atoms with van der Waals surface area (Å²) in [5.74, 6) is 1.09. The first-order valence-corrected chi connectivity index (χ1v) is 16.8. The Bertz CT molecular complexity index is 1700. The third-order valence-electron chi connectivity index (χ3n) is 9.40. The molecule has 262 valence electrons. The van der Waals surface area contributed by atoms with E-state index < -0.39 is 24.3 Å². The van der Waals surface area contributed by atoms with Crippen LogP contribution >= 0.6 is 0 Å². The van der Waals surface area contributed by atoms with Crippen molar-refractivity contribution < 1.29 is 28.7 Å². The largest absolute Gasteiger partial charge is 0.453 e. The highest BCUT2D eigenvalue weighted by molar-refractivity contribution is 5.86. The molecule has 0 aliphatic carbocycles. The minimum absolute atomic E-state index is 0.173. The summed E-state index contributed by atoms with van der Waals surface area (Å²) in [5, 5.41) is 5.10. The molecule has 4 atom stereocenters. The van der Waals surface area contributed by atoms with E-state index in [0.717, 1.165) is 71.0 Å². The molecule has 6 rings (SSSR count). The van der Waals surface area contributed by atoms with Crippen LogP contribution in [0.3, 0.4) is 0 Å². The molecule has 0 spiro atoms. The standard InChI is InChI=1S/C36H42N8O6/c1-21(39-35(47)49-3)33(45)43-17-5-7-29(43)31-37-19-27(41-31)25-13-9-23(10-14-25)24-11-15-26(16-12-24)28-20-38-32(42-28)30-8-6-18-44(30)34(46)22(2)40-36(48)50-4/h9-16,19-22,29-30H,5-8,17-18H2,1-4H3,(H,37,41)(H,38,42)(H,39,47)(H,40,48)/t21-,22+,29?,30?. The maximum atomic E-state index is 13.1. The van der Waals surface area contributed by atoms with Gasteiger partial charge in [0.05, 0.1) is 50.1 Å². The van der Waals surface area contributed by atoms with Crippen molar-refractivity contribution in [2.45, 2.75) is 63.7 Å². The zero-order valence-corrected chi connectivity index (χ0v) is 28.6. The molecular formula is C36H42N8O6. The third kappa shape index (κ3) is 7.19. The lowest BCUT2D eigenvalue weighted by Gasteiger charge is -2.26. The molecule has 14 heteroatoms. The number of nitrogens with zero attached hydrogens (tertiary/aromatic N) is 4. The van der Waals surface area contributed by atoms with E-state index in [0.29, 0.717) is 13.1 Å². The van der Waals surface area contributed by atoms with Crippen molar-refractivity contribution in [1.82, 2.24) is 40.4 Å². The maximum Gasteiger partial charge on any atom is 0.407 e. The zero-order chi connectivity index (χ0) is 35.4. The summed E-state index contributed by atoms with van der Waals surface area (Å²) in [5.41, 5.74) is 5.77. The van der Waals surface area contributed by atoms with E-state index in [1.165, 1.54) is 14.2 Å². The van der Waals surface area contributed by atoms with Crippen LogP contribution in [-0.2, 0) is 19.1 Å². The third-order valence-corrected chi connectivity index (χ3v) is 9.40. The van der Waals surface area contributed by atoms with Crippen LogP contribution in [0.5, 0.6) is 0 Å². The van der Waals surface area contributed by atoms with Gasteiger partial charge < -0.3 is 39.9 Å². The average molecular weight is 683 g/mol. The second kappa shape index (κ2) is 14.8. The van der Waals surface area contributed by atoms with Crippen molar-refractivity contribution in [2.24, 2.45) is 0 Å². The predicted molar refractivity (Wildman–Crippen MR) is 184 cm³/mol. The fourth-order valence-electron chi connectivity index (χ4n) is 6.71. The highest BCUT2D eigenvalue weighted by atomic mass is 16.5. The Labute approximate surface area is 290 Å². The van der Waals surface area contributed by atoms with Gasteiger partial charge in [-0.3, -0.25) is 9.59 Å². The topological polar surface area (TPSA) is 175 Å². The number of amides is 4. The van der Waals surface area contributed by atoms with Crippen LogP contribution < -0.4 is 10.6 Å². The van der Waals surface area contributed by atoms with Gasteiger partial charge in [-0.2, -0.15) is 0 Å². The highest BCUT2D eigenvalue weighted by Crippen LogP contribution is 2.34. The Morgan fingerprint density at radius 1 is 0.660 bits per heavy atom. The molecule has 2 unspecified atom stereocenters. The maximum absolute atomic E-state index is 13.1. The molecule has 0 bridgehead atoms. The zero-order valence-electron chi connectivity index (χ0n) is 28.6. The van der Waals surface area contributed by atoms with Gasteiger partial charge in [0.25, 0.3) is 0 Å². The van der Waals surface area contributed by atoms with Crippen LogP contribution in [0.1, 0.15) is 63.3 Å². The van der Waals surface area contributed by atoms with Gasteiger partial charge in [-0.1, -0.05) is 48.5 Å². The van der Waals surface area contributed by atoms with Crippen molar-refractivity contribution in [3.63, 3.8) is 0 Å². The fourth-order valence-corrected chi connectivity index (χ4v) is 6.71. The SMILES string of the molecule is COC(=O)N[C@@H](C)C(=O)N1CCCC1c1ncc(-c2ccc(-c3ccc(-c4cnc(C5CCCN5C(=O)[C@@H](C)NC(=O)OC)[nH]4)cc3)cc2)[nH]1. The molecule has 0 saturated carbocycles. The summed E-state index contributed by atoms with van der Waals surface area (Å²) in [6, 6.07) is 14.6. The summed E-state index contributed by atoms with van der Waals surface area (Å²) in [6.45, 7) is 4.49. The lowest BCUT2D eigenvalue weighted by Crippen LogP contribution is -2.46. The van der Waals surface area contributed by atoms with Gasteiger partial charge in [0.2, 0.25) is 11.8 Å². The minimum atomic E-state index is -0.704. The van der Waals surface area contributed by atoms with Crippen LogP contribution in [0.15, 0.2) is 60.9 Å². The van der Waals surface area contributed by atoms with Gasteiger partial charge in [0, 0.05) is 13.1 Å². The Balaban J connectivity index is 1.09. The highest BCUT2D eigenvalue weighted by Gasteiger charge is 2.36. The van der Waals surface area contributed by atoms with Crippen LogP contribution in [0.2, 0.25) is 0 Å². The Morgan fingerprint density at radius 3 is 1.38 bits per heavy atom. The van der Waals surface area contributed by atoms with E-state index in [1.54, 1.807) is 36.0 Å². The fraction of sp³-hybridized carbons (Fsp3) is 0.389. The number of aromatic amines is 2. The summed E-state index contributed by atoms with van der Waals surface area (Å²) < 4.78 is 9.27. The number of hydrogen-bond acceptors (Lipinski definition) is 8. The van der Waals surface area contributed by atoms with E-state index in [9.17, 15) is 19.2 Å². The number of carbonyl (C=O) groups excluding carboxylic acids is 4. The first kappa shape index (κ1) is 34.2. The molecule has 14 nitrogen and oxygen atoms in total. The summed E-state index contributed by atoms with van der Waals surface area (Å²) in [6.07, 6.45) is 5.56. The number of carbonyl (C=O) groups is 4. The molecule has 2 aliphatic rings. The molecule has 4 aromatic rings. The Kier molecular flexibility index (Phi) is 10.2. The summed E-state index contributed by atoms with van der Waals surface area (Å²) in [4.78, 5) is 68.9. The van der Waals surface area contributed by atoms with E-state index in [4.69, 9.17) is 0 Å². The summed E-state index contributed by atoms with van der Waals surface area (Å²) >= 11 is 0. The molecule has 0 radical (unpaired) electrons. The van der Waals surface area contributed by atoms with Gasteiger partial charge in [-0.25, -0.2) is 19.6 Å². The number of aromatic nitrogens is 4. The van der Waals surface area contributed by atoms with Crippen molar-refractivity contribution in [3.05, 3.63) is 72.6 Å². The van der Waals surface area contributed by atoms with Gasteiger partial charge in [0.1, 0.15) is 23.7 Å². The normalized spacial score (nSPS) is 18.4. The Morgan fingerprint density at radius 2 is 1.02 bits per heavy atom. The van der Waals surface area contributed by atoms with E-state index in [1.807, 2.05) is 24.3 Å². The molecular weight excluding hydrogens is 640 g/mol. The lowest BCUT2D eigenvalue weighted by molar-refractivity contribution is -0.134. The van der Waals surface area contributed by atoms with E-state index in [-0.39, 0.29) is 23.9 Å². The molecule has 50 heavy (non-hydrogen) atoms. The number of imidazole rings is 2. The lowest BCUT2D eigenvalue weighted by atomic mass is 10.0. The summed E-state index contributed by atoms with van der Waals surface area (Å²) in [7, 11) is 2.54. The predicted octanol–water partition coefficient (Wildman–Crippen LogP) is 4.95. The van der Waals surface area contributed by atoms with Gasteiger partial charge in [0.15, 0.2) is 0 Å². The number of rotatable bonds is 9. The number of methoxy groups -OCH3 is 2. The number of hydrogen-bond donors (Lipinski definition) is 4. The van der Waals surface area contributed by atoms with Crippen LogP contribution in [0, 0.1) is 0 Å². The van der Waals surface area contributed by atoms with Gasteiger partial charge >= 0.3 is 12.2 Å². The first-order chi connectivity index (χ1) is 24.2. The number of nitrogens with one attached hydrogen (secondary N) is 4. The van der Waals surface area contributed by atoms with Gasteiger partial charge in [-0.15, -0.1) is 0 Å². The molecule has 2 saturated heterocycles. The molecule has 2 aliphatic heterocycles. The van der Waals surface area contributed by atoms with Crippen LogP contribution in [0.4, 0.5) is 9.59 Å². The number of likely N-dealkylation sites (tertiary alicyclic amines) is 2. The smallest absolute Gasteiger partial charge is 0.407 e. The van der Waals surface area contributed by atoms with E-state index >= 15 is 0 Å². The second-order valence-corrected chi connectivity index (χ2v) is 12.6. The van der Waals surface area contributed by atoms with Crippen molar-refractivity contribution in [1.29, 1.82) is 0 Å². The van der Waals surface area contributed by atoms with Crippen molar-refractivity contribution >= 4 is 24.0 Å². The molecule has 2 aromatic heterocycles. The average Bonchev–Trinajstić information content (AvgIpc) is 3.97. The molecule has 2 fully saturated rings. The van der Waals surface area contributed by atoms with Crippen molar-refractivity contribution in [3.8, 4) is 33.6 Å². The number of H-pyrrole nitrogens is 2. The molecule has 4 amide bonds. The first-order valence-electron chi connectivity index (χ1n) is 16.8. The number of ether oxygens (including phenoxy) is 2. The van der Waals surface area contributed by atoms with Crippen molar-refractivity contribution in [2.75, 3.05) is 27.3 Å². The number of benzene rings is 2. The quantitative estimate of drug-likeness (QED) is 0.192. The monoisotopic (exact) mass is 682 g/mol. The Hall–Kier alpha value is -5.66. The molecule has 4 heterocycles. The number of alkyl carbamates (subject to hydrolysis) is 2. The van der Waals surface area contributed by atoms with Gasteiger partial charge in [-0.05, 0) is 61.8 Å². The molecule has 4 N–H and O–H groups in total. The molecule has 2 aromatic carbocycles. The second-order valence-electron chi connectivity index (χ2n) is 12.6.